The van der Waals surface area contributed by atoms with Crippen LogP contribution in [0.1, 0.15) is 31.3 Å². The van der Waals surface area contributed by atoms with E-state index in [9.17, 15) is 31.5 Å². The Labute approximate surface area is 185 Å². The van der Waals surface area contributed by atoms with Gasteiger partial charge in [0.05, 0.1) is 4.90 Å². The quantitative estimate of drug-likeness (QED) is 0.391. The summed E-state index contributed by atoms with van der Waals surface area (Å²) in [5, 5.41) is 16.8. The standard InChI is InChI=1S/C18H24N4O8S2/c1-18(2,3)30-17(25)20-9-10-21-31(26,27)13-6-4-12(5-7-13)14-8-11-22(32(19,28)29)15(14)16(23)24/h4-8,11,21H,9-10H2,1-3H3,(H,20,25)(H,23,24)(H2,19,28,29). The van der Waals surface area contributed by atoms with Gasteiger partial charge in [0.1, 0.15) is 5.60 Å². The fourth-order valence-corrected chi connectivity index (χ4v) is 4.32. The molecule has 0 radical (unpaired) electrons. The number of benzene rings is 1. The molecule has 0 fully saturated rings. The summed E-state index contributed by atoms with van der Waals surface area (Å²) in [7, 11) is -8.25. The second kappa shape index (κ2) is 9.28. The van der Waals surface area contributed by atoms with Crippen molar-refractivity contribution in [3.63, 3.8) is 0 Å². The number of hydrogen-bond donors (Lipinski definition) is 4. The van der Waals surface area contributed by atoms with Crippen molar-refractivity contribution in [3.8, 4) is 11.1 Å². The molecule has 0 saturated carbocycles. The highest BCUT2D eigenvalue weighted by Gasteiger charge is 2.23. The number of amides is 1. The molecule has 12 nitrogen and oxygen atoms in total. The zero-order valence-corrected chi connectivity index (χ0v) is 19.2. The van der Waals surface area contributed by atoms with Gasteiger partial charge in [-0.15, -0.1) is 0 Å². The van der Waals surface area contributed by atoms with Gasteiger partial charge in [-0.2, -0.15) is 8.42 Å². The van der Waals surface area contributed by atoms with Crippen LogP contribution in [0.5, 0.6) is 0 Å². The van der Waals surface area contributed by atoms with E-state index in [0.717, 1.165) is 6.20 Å². The molecule has 0 bridgehead atoms. The van der Waals surface area contributed by atoms with E-state index in [2.05, 4.69) is 10.0 Å². The molecule has 1 heterocycles. The topological polar surface area (TPSA) is 187 Å². The second-order valence-corrected chi connectivity index (χ2v) is 10.8. The SMILES string of the molecule is CC(C)(C)OC(=O)NCCNS(=O)(=O)c1ccc(-c2ccn(S(N)(=O)=O)c2C(=O)O)cc1. The van der Waals surface area contributed by atoms with E-state index in [0.29, 0.717) is 3.97 Å². The summed E-state index contributed by atoms with van der Waals surface area (Å²) < 4.78 is 55.8. The summed E-state index contributed by atoms with van der Waals surface area (Å²) in [6.07, 6.45) is 0.319. The van der Waals surface area contributed by atoms with E-state index < -0.39 is 43.6 Å². The van der Waals surface area contributed by atoms with E-state index in [1.807, 2.05) is 0 Å². The highest BCUT2D eigenvalue weighted by atomic mass is 32.2. The highest BCUT2D eigenvalue weighted by molar-refractivity contribution is 7.89. The highest BCUT2D eigenvalue weighted by Crippen LogP contribution is 2.27. The third-order valence-corrected chi connectivity index (χ3v) is 6.22. The van der Waals surface area contributed by atoms with Gasteiger partial charge in [-0.05, 0) is 44.5 Å². The normalized spacial score (nSPS) is 12.4. The number of carbonyl (C=O) groups excluding carboxylic acids is 1. The molecule has 2 rings (SSSR count). The van der Waals surface area contributed by atoms with E-state index in [-0.39, 0.29) is 29.1 Å². The number of aromatic carboxylic acids is 1. The molecule has 1 aromatic heterocycles. The monoisotopic (exact) mass is 488 g/mol. The molecule has 0 spiro atoms. The minimum Gasteiger partial charge on any atom is -0.477 e. The first kappa shape index (κ1) is 25.3. The Morgan fingerprint density at radius 3 is 2.16 bits per heavy atom. The van der Waals surface area contributed by atoms with Crippen LogP contribution in [-0.4, -0.2) is 56.7 Å². The molecule has 5 N–H and O–H groups in total. The molecule has 32 heavy (non-hydrogen) atoms. The molecule has 1 amide bonds. The Morgan fingerprint density at radius 2 is 1.66 bits per heavy atom. The second-order valence-electron chi connectivity index (χ2n) is 7.57. The first-order valence-corrected chi connectivity index (χ1v) is 12.2. The molecule has 14 heteroatoms. The number of aromatic nitrogens is 1. The van der Waals surface area contributed by atoms with Crippen molar-refractivity contribution in [2.45, 2.75) is 31.3 Å². The van der Waals surface area contributed by atoms with Crippen LogP contribution < -0.4 is 15.2 Å². The van der Waals surface area contributed by atoms with E-state index in [1.165, 1.54) is 30.3 Å². The fraction of sp³-hybridized carbons (Fsp3) is 0.333. The van der Waals surface area contributed by atoms with Crippen molar-refractivity contribution >= 4 is 32.3 Å². The molecular weight excluding hydrogens is 464 g/mol. The minimum absolute atomic E-state index is 0.00469. The Morgan fingerprint density at radius 1 is 1.06 bits per heavy atom. The number of rotatable bonds is 8. The van der Waals surface area contributed by atoms with Crippen molar-refractivity contribution in [2.24, 2.45) is 5.14 Å². The van der Waals surface area contributed by atoms with Crippen LogP contribution in [-0.2, 0) is 25.0 Å². The molecule has 0 aliphatic heterocycles. The summed E-state index contributed by atoms with van der Waals surface area (Å²) in [4.78, 5) is 23.0. The number of carboxylic acids is 1. The number of hydrogen-bond acceptors (Lipinski definition) is 7. The Kier molecular flexibility index (Phi) is 7.34. The van der Waals surface area contributed by atoms with Crippen LogP contribution in [0.15, 0.2) is 41.4 Å². The van der Waals surface area contributed by atoms with Crippen LogP contribution in [0.2, 0.25) is 0 Å². The van der Waals surface area contributed by atoms with Gasteiger partial charge in [0.15, 0.2) is 5.69 Å². The maximum atomic E-state index is 12.4. The maximum absolute atomic E-state index is 12.4. The number of nitrogens with one attached hydrogen (secondary N) is 2. The number of alkyl carbamates (subject to hydrolysis) is 1. The molecule has 0 unspecified atom stereocenters. The van der Waals surface area contributed by atoms with Crippen LogP contribution in [0, 0.1) is 0 Å². The average molecular weight is 489 g/mol. The molecule has 1 aromatic carbocycles. The third kappa shape index (κ3) is 6.53. The van der Waals surface area contributed by atoms with Crippen molar-refractivity contribution in [2.75, 3.05) is 13.1 Å². The smallest absolute Gasteiger partial charge is 0.407 e. The zero-order chi connectivity index (χ0) is 24.3. The average Bonchev–Trinajstić information content (AvgIpc) is 3.10. The number of carbonyl (C=O) groups is 2. The molecule has 0 atom stereocenters. The van der Waals surface area contributed by atoms with Crippen LogP contribution >= 0.6 is 0 Å². The lowest BCUT2D eigenvalue weighted by Gasteiger charge is -2.19. The van der Waals surface area contributed by atoms with Gasteiger partial charge in [-0.3, -0.25) is 0 Å². The first-order chi connectivity index (χ1) is 14.6. The molecular formula is C18H24N4O8S2. The molecule has 0 aliphatic carbocycles. The van der Waals surface area contributed by atoms with Crippen LogP contribution in [0.25, 0.3) is 11.1 Å². The maximum Gasteiger partial charge on any atom is 0.407 e. The van der Waals surface area contributed by atoms with Crippen molar-refractivity contribution < 1.29 is 36.3 Å². The predicted molar refractivity (Wildman–Crippen MR) is 115 cm³/mol. The van der Waals surface area contributed by atoms with E-state index >= 15 is 0 Å². The number of carboxylic acid groups (broad SMARTS) is 1. The molecule has 176 valence electrons. The minimum atomic E-state index is -4.34. The van der Waals surface area contributed by atoms with Gasteiger partial charge < -0.3 is 15.2 Å². The lowest BCUT2D eigenvalue weighted by Crippen LogP contribution is -2.37. The number of ether oxygens (including phenoxy) is 1. The lowest BCUT2D eigenvalue weighted by atomic mass is 10.1. The van der Waals surface area contributed by atoms with Gasteiger partial charge in [-0.1, -0.05) is 12.1 Å². The van der Waals surface area contributed by atoms with Crippen LogP contribution in [0.4, 0.5) is 4.79 Å². The van der Waals surface area contributed by atoms with Crippen molar-refractivity contribution in [3.05, 3.63) is 42.2 Å². The van der Waals surface area contributed by atoms with Crippen molar-refractivity contribution in [1.82, 2.24) is 14.0 Å². The summed E-state index contributed by atoms with van der Waals surface area (Å²) in [6, 6.07) is 6.39. The Bertz CT molecular complexity index is 1210. The van der Waals surface area contributed by atoms with Gasteiger partial charge in [-0.25, -0.2) is 31.8 Å². The van der Waals surface area contributed by atoms with Crippen molar-refractivity contribution in [1.29, 1.82) is 0 Å². The Hall–Kier alpha value is -2.94. The van der Waals surface area contributed by atoms with E-state index in [1.54, 1.807) is 20.8 Å². The summed E-state index contributed by atoms with van der Waals surface area (Å²) in [5.41, 5.74) is -0.934. The third-order valence-electron chi connectivity index (χ3n) is 3.89. The lowest BCUT2D eigenvalue weighted by molar-refractivity contribution is 0.0528. The molecule has 0 aliphatic rings. The van der Waals surface area contributed by atoms with E-state index in [4.69, 9.17) is 9.88 Å². The number of nitrogens with zero attached hydrogens (tertiary/aromatic N) is 1. The zero-order valence-electron chi connectivity index (χ0n) is 17.5. The van der Waals surface area contributed by atoms with Gasteiger partial charge in [0.2, 0.25) is 10.0 Å². The first-order valence-electron chi connectivity index (χ1n) is 9.17. The predicted octanol–water partition coefficient (Wildman–Crippen LogP) is 0.708. The largest absolute Gasteiger partial charge is 0.477 e. The van der Waals surface area contributed by atoms with Gasteiger partial charge >= 0.3 is 22.3 Å². The summed E-state index contributed by atoms with van der Waals surface area (Å²) in [6.45, 7) is 4.99. The van der Waals surface area contributed by atoms with Gasteiger partial charge in [0, 0.05) is 24.8 Å². The number of nitrogens with two attached hydrogens (primary N) is 1. The summed E-state index contributed by atoms with van der Waals surface area (Å²) >= 11 is 0. The van der Waals surface area contributed by atoms with Crippen LogP contribution in [0.3, 0.4) is 0 Å². The molecule has 2 aromatic rings. The number of sulfonamides is 1. The van der Waals surface area contributed by atoms with Gasteiger partial charge in [0.25, 0.3) is 0 Å². The Balaban J connectivity index is 2.12. The molecule has 0 saturated heterocycles. The fourth-order valence-electron chi connectivity index (χ4n) is 2.63. The summed E-state index contributed by atoms with van der Waals surface area (Å²) in [5.74, 6) is -1.52.